The van der Waals surface area contributed by atoms with Crippen LogP contribution in [-0.4, -0.2) is 193 Å². The summed E-state index contributed by atoms with van der Waals surface area (Å²) >= 11 is 0. The van der Waals surface area contributed by atoms with Crippen molar-refractivity contribution in [3.05, 3.63) is 24.3 Å². The van der Waals surface area contributed by atoms with E-state index >= 15 is 0 Å². The first-order valence-electron chi connectivity index (χ1n) is 27.1. The average molecular weight is 1020 g/mol. The Balaban J connectivity index is 1.56. The molecule has 1 amide bonds. The van der Waals surface area contributed by atoms with Crippen LogP contribution in [0.4, 0.5) is 0 Å². The molecule has 3 aliphatic rings. The van der Waals surface area contributed by atoms with E-state index in [1.807, 2.05) is 6.08 Å². The van der Waals surface area contributed by atoms with Gasteiger partial charge in [0.15, 0.2) is 18.9 Å². The molecular formula is C52H95NO18. The van der Waals surface area contributed by atoms with Crippen molar-refractivity contribution in [2.75, 3.05) is 26.4 Å². The molecule has 0 aliphatic carbocycles. The fraction of sp³-hybridized carbons (Fsp3) is 0.904. The SMILES string of the molecule is CCCCCCCC/C=C/CC/C=C/C(O)C(COC1OC(CO)C(OC2OC(CO)C(OC3OC(CO)C(O)C(O)C3O)C(O)C2O)C(O)C1O)NC(=O)CCCCCCCCCCCCCCCC. The van der Waals surface area contributed by atoms with Crippen LogP contribution < -0.4 is 5.32 Å². The zero-order valence-corrected chi connectivity index (χ0v) is 42.7. The normalized spacial score (nSPS) is 32.4. The second-order valence-corrected chi connectivity index (χ2v) is 19.7. The lowest BCUT2D eigenvalue weighted by molar-refractivity contribution is -0.379. The zero-order chi connectivity index (χ0) is 52.0. The largest absolute Gasteiger partial charge is 0.394 e. The first kappa shape index (κ1) is 63.6. The summed E-state index contributed by atoms with van der Waals surface area (Å²) in [6, 6.07) is -0.982. The van der Waals surface area contributed by atoms with Crippen molar-refractivity contribution < 1.29 is 89.4 Å². The van der Waals surface area contributed by atoms with Crippen LogP contribution in [0.5, 0.6) is 0 Å². The van der Waals surface area contributed by atoms with Gasteiger partial charge in [0.2, 0.25) is 5.91 Å². The van der Waals surface area contributed by atoms with Gasteiger partial charge in [-0.1, -0.05) is 154 Å². The lowest BCUT2D eigenvalue weighted by atomic mass is 9.96. The fourth-order valence-corrected chi connectivity index (χ4v) is 9.20. The Hall–Kier alpha value is -1.73. The van der Waals surface area contributed by atoms with E-state index in [2.05, 4.69) is 31.3 Å². The molecule has 416 valence electrons. The first-order chi connectivity index (χ1) is 34.3. The van der Waals surface area contributed by atoms with Gasteiger partial charge in [0.05, 0.1) is 38.6 Å². The van der Waals surface area contributed by atoms with Crippen LogP contribution in [-0.2, 0) is 33.2 Å². The number of unbranched alkanes of at least 4 members (excludes halogenated alkanes) is 20. The standard InChI is InChI=1S/C52H95NO18/c1-3-5-7-9-11-13-15-17-18-20-22-24-26-28-30-40(58)53-35(36(57)29-27-25-23-21-19-16-14-12-10-8-6-4-2)34-66-50-46(64)43(61)48(38(32-55)68-50)71-52-47(65)44(62)49(39(33-56)69-52)70-51-45(63)42(60)41(59)37(31-54)67-51/h19,21,27,29,35-39,41-52,54-57,59-65H,3-18,20,22-26,28,30-34H2,1-2H3,(H,53,58)/b21-19+,29-27+. The van der Waals surface area contributed by atoms with Gasteiger partial charge in [-0.3, -0.25) is 4.79 Å². The van der Waals surface area contributed by atoms with E-state index in [1.54, 1.807) is 6.08 Å². The molecule has 19 nitrogen and oxygen atoms in total. The molecule has 3 fully saturated rings. The summed E-state index contributed by atoms with van der Waals surface area (Å²) in [5.74, 6) is -0.287. The third kappa shape index (κ3) is 22.6. The minimum absolute atomic E-state index is 0.239. The van der Waals surface area contributed by atoms with Gasteiger partial charge in [0.25, 0.3) is 0 Å². The van der Waals surface area contributed by atoms with E-state index in [9.17, 15) is 61.0 Å². The highest BCUT2D eigenvalue weighted by Gasteiger charge is 2.53. The Bertz CT molecular complexity index is 1410. The van der Waals surface area contributed by atoms with E-state index in [4.69, 9.17) is 28.4 Å². The monoisotopic (exact) mass is 1020 g/mol. The zero-order valence-electron chi connectivity index (χ0n) is 42.7. The molecule has 3 rings (SSSR count). The highest BCUT2D eigenvalue weighted by Crippen LogP contribution is 2.33. The van der Waals surface area contributed by atoms with Crippen molar-refractivity contribution in [3.63, 3.8) is 0 Å². The van der Waals surface area contributed by atoms with Crippen molar-refractivity contribution in [2.24, 2.45) is 0 Å². The lowest BCUT2D eigenvalue weighted by Crippen LogP contribution is -2.66. The molecule has 19 heteroatoms. The first-order valence-corrected chi connectivity index (χ1v) is 27.1. The number of nitrogens with one attached hydrogen (secondary N) is 1. The molecule has 0 spiro atoms. The van der Waals surface area contributed by atoms with Crippen LogP contribution in [0.2, 0.25) is 0 Å². The van der Waals surface area contributed by atoms with E-state index < -0.39 is 124 Å². The molecule has 0 aromatic carbocycles. The van der Waals surface area contributed by atoms with Gasteiger partial charge < -0.3 is 89.9 Å². The number of carbonyl (C=O) groups is 1. The Morgan fingerprint density at radius 3 is 1.41 bits per heavy atom. The maximum absolute atomic E-state index is 13.2. The number of hydrogen-bond donors (Lipinski definition) is 12. The van der Waals surface area contributed by atoms with Gasteiger partial charge in [-0.2, -0.15) is 0 Å². The summed E-state index contributed by atoms with van der Waals surface area (Å²) in [5, 5.41) is 120. The maximum Gasteiger partial charge on any atom is 0.220 e. The van der Waals surface area contributed by atoms with E-state index in [0.717, 1.165) is 38.5 Å². The quantitative estimate of drug-likeness (QED) is 0.0313. The summed E-state index contributed by atoms with van der Waals surface area (Å²) in [6.45, 7) is 1.65. The molecule has 0 saturated carbocycles. The van der Waals surface area contributed by atoms with Crippen LogP contribution in [0.1, 0.15) is 168 Å². The number of hydrogen-bond acceptors (Lipinski definition) is 18. The van der Waals surface area contributed by atoms with Crippen LogP contribution in [0.25, 0.3) is 0 Å². The molecular weight excluding hydrogens is 927 g/mol. The Morgan fingerprint density at radius 2 is 0.901 bits per heavy atom. The van der Waals surface area contributed by atoms with E-state index in [-0.39, 0.29) is 18.9 Å². The fourth-order valence-electron chi connectivity index (χ4n) is 9.20. The minimum Gasteiger partial charge on any atom is -0.394 e. The van der Waals surface area contributed by atoms with E-state index in [1.165, 1.54) is 96.3 Å². The predicted molar refractivity (Wildman–Crippen MR) is 263 cm³/mol. The minimum atomic E-state index is -1.98. The van der Waals surface area contributed by atoms with Gasteiger partial charge >= 0.3 is 0 Å². The van der Waals surface area contributed by atoms with Crippen molar-refractivity contribution in [2.45, 2.75) is 272 Å². The van der Waals surface area contributed by atoms with Crippen molar-refractivity contribution >= 4 is 5.91 Å². The Kier molecular flexibility index (Phi) is 33.2. The van der Waals surface area contributed by atoms with Gasteiger partial charge in [0.1, 0.15) is 73.2 Å². The number of amides is 1. The molecule has 3 aliphatic heterocycles. The van der Waals surface area contributed by atoms with Crippen molar-refractivity contribution in [1.82, 2.24) is 5.32 Å². The molecule has 0 radical (unpaired) electrons. The second kappa shape index (κ2) is 37.1. The van der Waals surface area contributed by atoms with Gasteiger partial charge in [-0.05, 0) is 32.1 Å². The van der Waals surface area contributed by atoms with E-state index in [0.29, 0.717) is 12.8 Å². The molecule has 12 N–H and O–H groups in total. The molecule has 17 atom stereocenters. The summed E-state index contributed by atoms with van der Waals surface area (Å²) in [5.41, 5.74) is 0. The molecule has 71 heavy (non-hydrogen) atoms. The Morgan fingerprint density at radius 1 is 0.493 bits per heavy atom. The van der Waals surface area contributed by atoms with Gasteiger partial charge in [0, 0.05) is 6.42 Å². The molecule has 0 bridgehead atoms. The summed E-state index contributed by atoms with van der Waals surface area (Å²) < 4.78 is 34.1. The number of aliphatic hydroxyl groups excluding tert-OH is 11. The third-order valence-corrected chi connectivity index (χ3v) is 13.8. The number of aliphatic hydroxyl groups is 11. The predicted octanol–water partition coefficient (Wildman–Crippen LogP) is 2.81. The highest BCUT2D eigenvalue weighted by molar-refractivity contribution is 5.76. The van der Waals surface area contributed by atoms with Crippen molar-refractivity contribution in [1.29, 1.82) is 0 Å². The molecule has 3 saturated heterocycles. The van der Waals surface area contributed by atoms with Crippen LogP contribution in [0, 0.1) is 0 Å². The van der Waals surface area contributed by atoms with Crippen LogP contribution >= 0.6 is 0 Å². The summed E-state index contributed by atoms with van der Waals surface area (Å²) in [4.78, 5) is 13.2. The molecule has 0 aromatic heterocycles. The Labute approximate surface area is 422 Å². The molecule has 17 unspecified atom stereocenters. The van der Waals surface area contributed by atoms with Crippen LogP contribution in [0.3, 0.4) is 0 Å². The van der Waals surface area contributed by atoms with Gasteiger partial charge in [-0.15, -0.1) is 0 Å². The number of ether oxygens (including phenoxy) is 6. The summed E-state index contributed by atoms with van der Waals surface area (Å²) in [6.07, 6.45) is 7.51. The number of carbonyl (C=O) groups excluding carboxylic acids is 1. The molecule has 0 aromatic rings. The molecule has 3 heterocycles. The average Bonchev–Trinajstić information content (AvgIpc) is 3.36. The van der Waals surface area contributed by atoms with Crippen LogP contribution in [0.15, 0.2) is 24.3 Å². The topological polar surface area (TPSA) is 307 Å². The third-order valence-electron chi connectivity index (χ3n) is 13.8. The summed E-state index contributed by atoms with van der Waals surface area (Å²) in [7, 11) is 0. The number of rotatable bonds is 38. The number of allylic oxidation sites excluding steroid dienone is 3. The lowest BCUT2D eigenvalue weighted by Gasteiger charge is -2.48. The highest BCUT2D eigenvalue weighted by atomic mass is 16.8. The van der Waals surface area contributed by atoms with Crippen molar-refractivity contribution in [3.8, 4) is 0 Å². The maximum atomic E-state index is 13.2. The smallest absolute Gasteiger partial charge is 0.220 e. The second-order valence-electron chi connectivity index (χ2n) is 19.7. The van der Waals surface area contributed by atoms with Gasteiger partial charge in [-0.25, -0.2) is 0 Å².